The van der Waals surface area contributed by atoms with Crippen LogP contribution in [0.5, 0.6) is 0 Å². The Kier molecular flexibility index (Phi) is 4.81. The molecule has 0 atom stereocenters. The van der Waals surface area contributed by atoms with Crippen molar-refractivity contribution in [2.75, 3.05) is 6.61 Å². The van der Waals surface area contributed by atoms with E-state index in [1.165, 1.54) is 6.07 Å². The topological polar surface area (TPSA) is 39.2 Å². The zero-order chi connectivity index (χ0) is 13.0. The summed E-state index contributed by atoms with van der Waals surface area (Å²) in [5, 5.41) is -0.0624. The highest BCUT2D eigenvalue weighted by Gasteiger charge is 2.18. The molecule has 0 aromatic carbocycles. The third kappa shape index (κ3) is 3.63. The van der Waals surface area contributed by atoms with Gasteiger partial charge in [0.05, 0.1) is 23.7 Å². The molecular weight excluding hydrogens is 252 g/mol. The van der Waals surface area contributed by atoms with Crippen molar-refractivity contribution in [3.05, 3.63) is 28.0 Å². The maximum atomic E-state index is 12.6. The Morgan fingerprint density at radius 2 is 2.24 bits per heavy atom. The smallest absolute Gasteiger partial charge is 0.311 e. The first-order valence-corrected chi connectivity index (χ1v) is 5.43. The molecule has 0 saturated heterocycles. The molecule has 17 heavy (non-hydrogen) atoms. The van der Waals surface area contributed by atoms with Crippen LogP contribution in [-0.4, -0.2) is 17.6 Å². The normalized spacial score (nSPS) is 10.7. The first-order chi connectivity index (χ1) is 7.95. The van der Waals surface area contributed by atoms with Crippen molar-refractivity contribution in [1.82, 2.24) is 4.98 Å². The number of carbonyl (C=O) groups excluding carboxylic acids is 1. The lowest BCUT2D eigenvalue weighted by molar-refractivity contribution is -0.142. The van der Waals surface area contributed by atoms with Crippen LogP contribution < -0.4 is 0 Å². The van der Waals surface area contributed by atoms with Gasteiger partial charge in [-0.2, -0.15) is 0 Å². The van der Waals surface area contributed by atoms with Crippen LogP contribution in [0.1, 0.15) is 30.3 Å². The zero-order valence-corrected chi connectivity index (χ0v) is 10.2. The van der Waals surface area contributed by atoms with Gasteiger partial charge in [-0.3, -0.25) is 4.79 Å². The van der Waals surface area contributed by atoms with E-state index in [0.29, 0.717) is 5.56 Å². The fraction of sp³-hybridized carbons (Fsp3) is 0.455. The highest BCUT2D eigenvalue weighted by molar-refractivity contribution is 6.32. The second-order valence-electron chi connectivity index (χ2n) is 3.41. The molecule has 0 amide bonds. The summed E-state index contributed by atoms with van der Waals surface area (Å²) in [6, 6.07) is 1.51. The maximum Gasteiger partial charge on any atom is 0.311 e. The summed E-state index contributed by atoms with van der Waals surface area (Å²) in [5.74, 6) is -0.498. The number of hydrogen-bond acceptors (Lipinski definition) is 3. The van der Waals surface area contributed by atoms with Crippen LogP contribution in [-0.2, 0) is 16.0 Å². The third-order valence-electron chi connectivity index (χ3n) is 2.06. The Balaban J connectivity index is 2.98. The number of hydrogen-bond donors (Lipinski definition) is 0. The van der Waals surface area contributed by atoms with Crippen LogP contribution in [0.2, 0.25) is 5.02 Å². The number of carbonyl (C=O) groups is 1. The van der Waals surface area contributed by atoms with Crippen LogP contribution in [0.25, 0.3) is 0 Å². The number of halogens is 3. The summed E-state index contributed by atoms with van der Waals surface area (Å²) in [6.45, 7) is 3.50. The summed E-state index contributed by atoms with van der Waals surface area (Å²) in [6.07, 6.45) is -2.89. The van der Waals surface area contributed by atoms with Gasteiger partial charge < -0.3 is 4.74 Å². The van der Waals surface area contributed by atoms with Gasteiger partial charge in [-0.25, -0.2) is 13.8 Å². The van der Waals surface area contributed by atoms with E-state index in [2.05, 4.69) is 4.98 Å². The number of pyridine rings is 1. The fourth-order valence-corrected chi connectivity index (χ4v) is 1.53. The van der Waals surface area contributed by atoms with Crippen molar-refractivity contribution >= 4 is 17.6 Å². The summed E-state index contributed by atoms with van der Waals surface area (Å²) >= 11 is 5.70. The first-order valence-electron chi connectivity index (χ1n) is 5.05. The summed E-state index contributed by atoms with van der Waals surface area (Å²) in [5.41, 5.74) is 0.211. The minimum atomic E-state index is -2.76. The van der Waals surface area contributed by atoms with Gasteiger partial charge in [0.1, 0.15) is 5.69 Å². The summed E-state index contributed by atoms with van der Waals surface area (Å²) < 4.78 is 29.9. The van der Waals surface area contributed by atoms with Crippen LogP contribution in [0.4, 0.5) is 8.78 Å². The molecule has 0 aliphatic rings. The standard InChI is InChI=1S/C11H12ClF2NO2/c1-3-17-8(16)5-7-4-6(2)9(12)10(15-7)11(13)14/h4,11H,3,5H2,1-2H3. The number of rotatable bonds is 4. The minimum Gasteiger partial charge on any atom is -0.466 e. The van der Waals surface area contributed by atoms with E-state index in [9.17, 15) is 13.6 Å². The van der Waals surface area contributed by atoms with Gasteiger partial charge in [0.15, 0.2) is 0 Å². The Morgan fingerprint density at radius 1 is 1.59 bits per heavy atom. The Bertz CT molecular complexity index is 424. The quantitative estimate of drug-likeness (QED) is 0.784. The Hall–Kier alpha value is -1.23. The first kappa shape index (κ1) is 13.8. The molecule has 0 unspecified atom stereocenters. The molecular formula is C11H12ClF2NO2. The van der Waals surface area contributed by atoms with Gasteiger partial charge in [-0.15, -0.1) is 0 Å². The fourth-order valence-electron chi connectivity index (χ4n) is 1.35. The lowest BCUT2D eigenvalue weighted by atomic mass is 10.1. The SMILES string of the molecule is CCOC(=O)Cc1cc(C)c(Cl)c(C(F)F)n1. The molecule has 1 rings (SSSR count). The number of nitrogens with zero attached hydrogens (tertiary/aromatic N) is 1. The second-order valence-corrected chi connectivity index (χ2v) is 3.79. The van der Waals surface area contributed by atoms with E-state index in [1.807, 2.05) is 0 Å². The molecule has 0 aliphatic carbocycles. The monoisotopic (exact) mass is 263 g/mol. The average molecular weight is 264 g/mol. The van der Waals surface area contributed by atoms with Crippen molar-refractivity contribution < 1.29 is 18.3 Å². The number of ether oxygens (including phenoxy) is 1. The van der Waals surface area contributed by atoms with Crippen molar-refractivity contribution in [3.63, 3.8) is 0 Å². The van der Waals surface area contributed by atoms with Crippen LogP contribution in [0.3, 0.4) is 0 Å². The number of esters is 1. The molecule has 0 bridgehead atoms. The highest BCUT2D eigenvalue weighted by atomic mass is 35.5. The van der Waals surface area contributed by atoms with Crippen LogP contribution in [0, 0.1) is 6.92 Å². The molecule has 0 radical (unpaired) electrons. The summed E-state index contributed by atoms with van der Waals surface area (Å²) in [7, 11) is 0. The van der Waals surface area contributed by atoms with Gasteiger partial charge in [-0.05, 0) is 25.5 Å². The molecule has 0 N–H and O–H groups in total. The van der Waals surface area contributed by atoms with Gasteiger partial charge in [0.2, 0.25) is 0 Å². The molecule has 1 aromatic heterocycles. The largest absolute Gasteiger partial charge is 0.466 e. The average Bonchev–Trinajstić information content (AvgIpc) is 2.23. The number of alkyl halides is 2. The van der Waals surface area contributed by atoms with Crippen molar-refractivity contribution in [3.8, 4) is 0 Å². The van der Waals surface area contributed by atoms with Crippen molar-refractivity contribution in [1.29, 1.82) is 0 Å². The van der Waals surface area contributed by atoms with E-state index >= 15 is 0 Å². The van der Waals surface area contributed by atoms with E-state index in [1.54, 1.807) is 13.8 Å². The highest BCUT2D eigenvalue weighted by Crippen LogP contribution is 2.28. The van der Waals surface area contributed by atoms with Crippen LogP contribution in [0.15, 0.2) is 6.07 Å². The van der Waals surface area contributed by atoms with E-state index < -0.39 is 18.1 Å². The van der Waals surface area contributed by atoms with Crippen molar-refractivity contribution in [2.45, 2.75) is 26.7 Å². The maximum absolute atomic E-state index is 12.6. The van der Waals surface area contributed by atoms with Gasteiger partial charge in [-0.1, -0.05) is 11.6 Å². The Labute approximate surface area is 103 Å². The molecule has 0 saturated carbocycles. The molecule has 94 valence electrons. The van der Waals surface area contributed by atoms with Crippen molar-refractivity contribution in [2.24, 2.45) is 0 Å². The molecule has 0 fully saturated rings. The molecule has 0 spiro atoms. The molecule has 1 heterocycles. The number of aromatic nitrogens is 1. The Morgan fingerprint density at radius 3 is 2.76 bits per heavy atom. The lowest BCUT2D eigenvalue weighted by Gasteiger charge is -2.08. The molecule has 0 aliphatic heterocycles. The zero-order valence-electron chi connectivity index (χ0n) is 9.47. The van der Waals surface area contributed by atoms with E-state index in [0.717, 1.165) is 0 Å². The molecule has 6 heteroatoms. The van der Waals surface area contributed by atoms with E-state index in [-0.39, 0.29) is 23.7 Å². The lowest BCUT2D eigenvalue weighted by Crippen LogP contribution is -2.10. The molecule has 1 aromatic rings. The van der Waals surface area contributed by atoms with E-state index in [4.69, 9.17) is 16.3 Å². The molecule has 3 nitrogen and oxygen atoms in total. The van der Waals surface area contributed by atoms with Gasteiger partial charge >= 0.3 is 5.97 Å². The number of aryl methyl sites for hydroxylation is 1. The predicted octanol–water partition coefficient (Wildman–Crippen LogP) is 3.09. The predicted molar refractivity (Wildman–Crippen MR) is 59.3 cm³/mol. The second kappa shape index (κ2) is 5.91. The third-order valence-corrected chi connectivity index (χ3v) is 2.55. The minimum absolute atomic E-state index is 0.0624. The van der Waals surface area contributed by atoms with Crippen LogP contribution >= 0.6 is 11.6 Å². The van der Waals surface area contributed by atoms with Gasteiger partial charge in [0, 0.05) is 0 Å². The summed E-state index contributed by atoms with van der Waals surface area (Å²) in [4.78, 5) is 14.9. The van der Waals surface area contributed by atoms with Gasteiger partial charge in [0.25, 0.3) is 6.43 Å².